The van der Waals surface area contributed by atoms with Crippen LogP contribution in [0.1, 0.15) is 11.1 Å². The van der Waals surface area contributed by atoms with Gasteiger partial charge in [-0.2, -0.15) is 0 Å². The molecule has 8 heteroatoms. The highest BCUT2D eigenvalue weighted by molar-refractivity contribution is 7.89. The Morgan fingerprint density at radius 3 is 2.38 bits per heavy atom. The van der Waals surface area contributed by atoms with Gasteiger partial charge in [-0.25, -0.2) is 13.6 Å². The van der Waals surface area contributed by atoms with Crippen molar-refractivity contribution in [2.45, 2.75) is 17.9 Å². The van der Waals surface area contributed by atoms with E-state index in [0.717, 1.165) is 42.1 Å². The summed E-state index contributed by atoms with van der Waals surface area (Å²) in [4.78, 5) is 0.134. The Balaban J connectivity index is 0.00000208. The molecule has 1 heterocycles. The Hall–Kier alpha value is -1.80. The molecule has 0 amide bonds. The quantitative estimate of drug-likeness (QED) is 0.598. The number of nitrogens with two attached hydrogens (primary N) is 1. The van der Waals surface area contributed by atoms with Gasteiger partial charge in [0, 0.05) is 6.54 Å². The fourth-order valence-corrected chi connectivity index (χ4v) is 2.88. The minimum Gasteiger partial charge on any atom is -1.00 e. The predicted octanol–water partition coefficient (Wildman–Crippen LogP) is -1.60. The van der Waals surface area contributed by atoms with Gasteiger partial charge in [-0.1, -0.05) is 18.2 Å². The zero-order valence-corrected chi connectivity index (χ0v) is 14.4. The molecule has 0 spiro atoms. The first-order chi connectivity index (χ1) is 11.0. The molecule has 3 rings (SSSR count). The molecule has 3 N–H and O–H groups in total. The van der Waals surface area contributed by atoms with Crippen molar-refractivity contribution >= 4 is 10.0 Å². The average Bonchev–Trinajstić information content (AvgIpc) is 2.99. The smallest absolute Gasteiger partial charge is 0.238 e. The maximum atomic E-state index is 11.2. The third-order valence-corrected chi connectivity index (χ3v) is 4.54. The second-order valence-corrected chi connectivity index (χ2v) is 6.86. The molecule has 24 heavy (non-hydrogen) atoms. The molecule has 0 saturated heterocycles. The Labute approximate surface area is 147 Å². The SMILES string of the molecule is NS(=O)(=O)c1ccc(CCNCc2ccc3c(c2)OCO3)cc1.[Cl-]. The van der Waals surface area contributed by atoms with E-state index in [1.165, 1.54) is 12.1 Å². The number of ether oxygens (including phenoxy) is 2. The summed E-state index contributed by atoms with van der Waals surface area (Å²) in [5.74, 6) is 1.56. The molecule has 0 aromatic heterocycles. The van der Waals surface area contributed by atoms with Crippen molar-refractivity contribution in [2.75, 3.05) is 13.3 Å². The van der Waals surface area contributed by atoms with E-state index in [9.17, 15) is 8.42 Å². The van der Waals surface area contributed by atoms with Crippen LogP contribution in [0.15, 0.2) is 47.4 Å². The first-order valence-electron chi connectivity index (χ1n) is 7.23. The second kappa shape index (κ2) is 7.85. The maximum absolute atomic E-state index is 11.2. The molecule has 0 atom stereocenters. The monoisotopic (exact) mass is 369 g/mol. The van der Waals surface area contributed by atoms with Gasteiger partial charge in [0.15, 0.2) is 11.5 Å². The lowest BCUT2D eigenvalue weighted by atomic mass is 10.1. The number of primary sulfonamides is 1. The molecule has 6 nitrogen and oxygen atoms in total. The standard InChI is InChI=1S/C16H18N2O4S.ClH/c17-23(19,20)14-4-1-12(2-5-14)7-8-18-10-13-3-6-15-16(9-13)22-11-21-15;/h1-6,9,18H,7-8,10-11H2,(H2,17,19,20);1H/p-1. The fourth-order valence-electron chi connectivity index (χ4n) is 2.36. The van der Waals surface area contributed by atoms with Crippen LogP contribution in [0.3, 0.4) is 0 Å². The van der Waals surface area contributed by atoms with Gasteiger partial charge in [-0.3, -0.25) is 0 Å². The van der Waals surface area contributed by atoms with Crippen molar-refractivity contribution in [2.24, 2.45) is 5.14 Å². The van der Waals surface area contributed by atoms with Crippen LogP contribution in [0, 0.1) is 0 Å². The number of halogens is 1. The number of hydrogen-bond acceptors (Lipinski definition) is 5. The summed E-state index contributed by atoms with van der Waals surface area (Å²) in [5.41, 5.74) is 2.18. The van der Waals surface area contributed by atoms with Crippen molar-refractivity contribution < 1.29 is 30.3 Å². The van der Waals surface area contributed by atoms with Gasteiger partial charge >= 0.3 is 0 Å². The zero-order valence-electron chi connectivity index (χ0n) is 12.9. The minimum atomic E-state index is -3.62. The van der Waals surface area contributed by atoms with E-state index in [1.807, 2.05) is 18.2 Å². The Kier molecular flexibility index (Phi) is 6.06. The third kappa shape index (κ3) is 4.61. The first-order valence-corrected chi connectivity index (χ1v) is 8.78. The Bertz CT molecular complexity index is 794. The van der Waals surface area contributed by atoms with Crippen LogP contribution in [-0.2, 0) is 23.0 Å². The summed E-state index contributed by atoms with van der Waals surface area (Å²) >= 11 is 0. The Morgan fingerprint density at radius 2 is 1.67 bits per heavy atom. The third-order valence-electron chi connectivity index (χ3n) is 3.61. The molecule has 2 aromatic rings. The van der Waals surface area contributed by atoms with Gasteiger partial charge in [-0.05, 0) is 48.4 Å². The highest BCUT2D eigenvalue weighted by Gasteiger charge is 2.12. The molecule has 0 radical (unpaired) electrons. The summed E-state index contributed by atoms with van der Waals surface area (Å²) in [5, 5.41) is 8.42. The molecule has 0 bridgehead atoms. The minimum absolute atomic E-state index is 0. The zero-order chi connectivity index (χ0) is 16.3. The lowest BCUT2D eigenvalue weighted by molar-refractivity contribution is -0.00000885. The van der Waals surface area contributed by atoms with Crippen molar-refractivity contribution in [1.29, 1.82) is 0 Å². The second-order valence-electron chi connectivity index (χ2n) is 5.30. The predicted molar refractivity (Wildman–Crippen MR) is 85.8 cm³/mol. The van der Waals surface area contributed by atoms with Crippen LogP contribution in [0.25, 0.3) is 0 Å². The summed E-state index contributed by atoms with van der Waals surface area (Å²) in [6.07, 6.45) is 0.801. The molecule has 2 aromatic carbocycles. The van der Waals surface area contributed by atoms with Crippen LogP contribution >= 0.6 is 0 Å². The molecule has 0 unspecified atom stereocenters. The van der Waals surface area contributed by atoms with E-state index in [1.54, 1.807) is 12.1 Å². The van der Waals surface area contributed by atoms with E-state index in [2.05, 4.69) is 5.32 Å². The number of benzene rings is 2. The number of sulfonamides is 1. The number of fused-ring (bicyclic) bond motifs is 1. The lowest BCUT2D eigenvalue weighted by Gasteiger charge is -2.07. The highest BCUT2D eigenvalue weighted by Crippen LogP contribution is 2.32. The van der Waals surface area contributed by atoms with Crippen molar-refractivity contribution in [3.63, 3.8) is 0 Å². The van der Waals surface area contributed by atoms with Crippen LogP contribution in [0.2, 0.25) is 0 Å². The van der Waals surface area contributed by atoms with Gasteiger partial charge < -0.3 is 27.2 Å². The van der Waals surface area contributed by atoms with Crippen LogP contribution in [0.4, 0.5) is 0 Å². The summed E-state index contributed by atoms with van der Waals surface area (Å²) < 4.78 is 33.0. The van der Waals surface area contributed by atoms with Gasteiger partial charge in [-0.15, -0.1) is 0 Å². The van der Waals surface area contributed by atoms with Crippen molar-refractivity contribution in [3.8, 4) is 11.5 Å². The molecule has 0 saturated carbocycles. The van der Waals surface area contributed by atoms with E-state index >= 15 is 0 Å². The van der Waals surface area contributed by atoms with E-state index in [0.29, 0.717) is 0 Å². The number of rotatable bonds is 6. The van der Waals surface area contributed by atoms with Crippen LogP contribution in [0.5, 0.6) is 11.5 Å². The molecule has 0 fully saturated rings. The topological polar surface area (TPSA) is 90.7 Å². The van der Waals surface area contributed by atoms with Crippen LogP contribution < -0.4 is 32.3 Å². The van der Waals surface area contributed by atoms with Gasteiger partial charge in [0.25, 0.3) is 0 Å². The number of nitrogens with one attached hydrogen (secondary N) is 1. The van der Waals surface area contributed by atoms with Gasteiger partial charge in [0.2, 0.25) is 16.8 Å². The Morgan fingerprint density at radius 1 is 1.00 bits per heavy atom. The van der Waals surface area contributed by atoms with Crippen molar-refractivity contribution in [3.05, 3.63) is 53.6 Å². The first kappa shape index (κ1) is 18.5. The average molecular weight is 370 g/mol. The summed E-state index contributed by atoms with van der Waals surface area (Å²) in [6, 6.07) is 12.5. The normalized spacial score (nSPS) is 12.7. The van der Waals surface area contributed by atoms with E-state index in [4.69, 9.17) is 14.6 Å². The fraction of sp³-hybridized carbons (Fsp3) is 0.250. The molecule has 1 aliphatic rings. The molecular formula is C16H18ClN2O4S-. The van der Waals surface area contributed by atoms with Gasteiger partial charge in [0.1, 0.15) is 0 Å². The van der Waals surface area contributed by atoms with E-state index in [-0.39, 0.29) is 24.1 Å². The van der Waals surface area contributed by atoms with E-state index < -0.39 is 10.0 Å². The molecule has 1 aliphatic heterocycles. The largest absolute Gasteiger partial charge is 1.00 e. The summed E-state index contributed by atoms with van der Waals surface area (Å²) in [6.45, 7) is 1.79. The number of hydrogen-bond donors (Lipinski definition) is 2. The molecule has 0 aliphatic carbocycles. The van der Waals surface area contributed by atoms with Crippen molar-refractivity contribution in [1.82, 2.24) is 5.32 Å². The maximum Gasteiger partial charge on any atom is 0.238 e. The molecule has 130 valence electrons. The van der Waals surface area contributed by atoms with Crippen LogP contribution in [-0.4, -0.2) is 21.8 Å². The summed E-state index contributed by atoms with van der Waals surface area (Å²) in [7, 11) is -3.62. The highest BCUT2D eigenvalue weighted by atomic mass is 35.5. The lowest BCUT2D eigenvalue weighted by Crippen LogP contribution is -3.00. The molecular weight excluding hydrogens is 352 g/mol. The van der Waals surface area contributed by atoms with Gasteiger partial charge in [0.05, 0.1) is 4.90 Å².